The molecule has 1 aliphatic rings. The molecular weight excluding hydrogens is 332 g/mol. The van der Waals surface area contributed by atoms with E-state index in [-0.39, 0.29) is 0 Å². The summed E-state index contributed by atoms with van der Waals surface area (Å²) in [5, 5.41) is 1.04. The monoisotopic (exact) mass is 356 g/mol. The van der Waals surface area contributed by atoms with E-state index in [9.17, 15) is 4.79 Å². The number of carbonyl (C=O) groups is 1. The molecule has 0 radical (unpaired) electrons. The van der Waals surface area contributed by atoms with E-state index in [0.717, 1.165) is 43.6 Å². The van der Waals surface area contributed by atoms with E-state index < -0.39 is 6.09 Å². The van der Waals surface area contributed by atoms with Crippen LogP contribution >= 0.6 is 0 Å². The summed E-state index contributed by atoms with van der Waals surface area (Å²) in [4.78, 5) is 25.6. The number of nitrogens with zero attached hydrogens (tertiary/aromatic N) is 4. The van der Waals surface area contributed by atoms with Crippen molar-refractivity contribution in [3.05, 3.63) is 54.2 Å². The molecule has 0 aliphatic carbocycles. The number of carbonyl (C=O) groups excluding carboxylic acids is 1. The van der Waals surface area contributed by atoms with E-state index in [2.05, 4.69) is 20.9 Å². The maximum atomic E-state index is 11.7. The smallest absolute Gasteiger partial charge is 0.409 e. The molecule has 138 valence electrons. The molecule has 0 spiro atoms. The number of hydrogen-bond donors (Lipinski definition) is 0. The van der Waals surface area contributed by atoms with Gasteiger partial charge in [0.25, 0.3) is 0 Å². The van der Waals surface area contributed by atoms with Crippen LogP contribution in [0.4, 0.5) is 10.6 Å². The summed E-state index contributed by atoms with van der Waals surface area (Å²) in [6.45, 7) is 4.80. The summed E-state index contributed by atoms with van der Waals surface area (Å²) >= 11 is 0. The second-order valence-corrected chi connectivity index (χ2v) is 6.14. The number of hydroxylamine groups is 2. The van der Waals surface area contributed by atoms with E-state index in [1.165, 1.54) is 19.7 Å². The fourth-order valence-electron chi connectivity index (χ4n) is 2.84. The highest BCUT2D eigenvalue weighted by Crippen LogP contribution is 2.17. The van der Waals surface area contributed by atoms with Crippen molar-refractivity contribution < 1.29 is 14.4 Å². The SMILES string of the molecule is CON(C)C(=O)Oc1ccc(CN2CCN(c3ccccn3)CC2)cc1. The zero-order valence-electron chi connectivity index (χ0n) is 15.2. The highest BCUT2D eigenvalue weighted by atomic mass is 16.7. The quantitative estimate of drug-likeness (QED) is 0.767. The summed E-state index contributed by atoms with van der Waals surface area (Å²) in [7, 11) is 2.92. The first-order valence-electron chi connectivity index (χ1n) is 8.62. The van der Waals surface area contributed by atoms with Crippen molar-refractivity contribution in [2.24, 2.45) is 0 Å². The Morgan fingerprint density at radius 3 is 2.46 bits per heavy atom. The van der Waals surface area contributed by atoms with Crippen LogP contribution < -0.4 is 9.64 Å². The van der Waals surface area contributed by atoms with E-state index in [1.54, 1.807) is 12.1 Å². The fraction of sp³-hybridized carbons (Fsp3) is 0.368. The van der Waals surface area contributed by atoms with Gasteiger partial charge in [-0.15, -0.1) is 0 Å². The number of ether oxygens (including phenoxy) is 1. The van der Waals surface area contributed by atoms with Gasteiger partial charge in [0.2, 0.25) is 0 Å². The average Bonchev–Trinajstić information content (AvgIpc) is 2.70. The van der Waals surface area contributed by atoms with Gasteiger partial charge < -0.3 is 9.64 Å². The Morgan fingerprint density at radius 2 is 1.85 bits per heavy atom. The number of hydrogen-bond acceptors (Lipinski definition) is 6. The van der Waals surface area contributed by atoms with E-state index in [4.69, 9.17) is 9.57 Å². The van der Waals surface area contributed by atoms with Crippen molar-refractivity contribution in [3.63, 3.8) is 0 Å². The van der Waals surface area contributed by atoms with Crippen molar-refractivity contribution in [2.75, 3.05) is 45.2 Å². The number of amides is 1. The van der Waals surface area contributed by atoms with Crippen LogP contribution in [-0.4, -0.2) is 61.4 Å². The molecule has 7 nitrogen and oxygen atoms in total. The Bertz CT molecular complexity index is 700. The molecule has 1 saturated heterocycles. The predicted octanol–water partition coefficient (Wildman–Crippen LogP) is 2.40. The van der Waals surface area contributed by atoms with E-state index in [0.29, 0.717) is 5.75 Å². The van der Waals surface area contributed by atoms with Crippen LogP contribution in [0, 0.1) is 0 Å². The first-order chi connectivity index (χ1) is 12.7. The molecule has 26 heavy (non-hydrogen) atoms. The third-order valence-electron chi connectivity index (χ3n) is 4.41. The topological polar surface area (TPSA) is 58.1 Å². The van der Waals surface area contributed by atoms with Gasteiger partial charge in [0.05, 0.1) is 7.11 Å². The predicted molar refractivity (Wildman–Crippen MR) is 99.0 cm³/mol. The molecule has 1 aromatic heterocycles. The Morgan fingerprint density at radius 1 is 1.12 bits per heavy atom. The molecule has 3 rings (SSSR count). The molecule has 2 aromatic rings. The van der Waals surface area contributed by atoms with E-state index >= 15 is 0 Å². The fourth-order valence-corrected chi connectivity index (χ4v) is 2.84. The highest BCUT2D eigenvalue weighted by Gasteiger charge is 2.18. The number of benzene rings is 1. The average molecular weight is 356 g/mol. The largest absolute Gasteiger partial charge is 0.439 e. The Hall–Kier alpha value is -2.64. The van der Waals surface area contributed by atoms with Crippen LogP contribution in [0.3, 0.4) is 0 Å². The van der Waals surface area contributed by atoms with Gasteiger partial charge >= 0.3 is 6.09 Å². The summed E-state index contributed by atoms with van der Waals surface area (Å²) < 4.78 is 5.21. The number of aromatic nitrogens is 1. The maximum absolute atomic E-state index is 11.7. The minimum absolute atomic E-state index is 0.502. The minimum Gasteiger partial charge on any atom is -0.409 e. The second kappa shape index (κ2) is 8.64. The van der Waals surface area contributed by atoms with Gasteiger partial charge in [-0.2, -0.15) is 5.06 Å². The molecule has 1 aromatic carbocycles. The van der Waals surface area contributed by atoms with E-state index in [1.807, 2.05) is 30.5 Å². The first-order valence-corrected chi connectivity index (χ1v) is 8.62. The van der Waals surface area contributed by atoms with Crippen LogP contribution in [-0.2, 0) is 11.4 Å². The standard InChI is InChI=1S/C19H24N4O3/c1-21(25-2)19(24)26-17-8-6-16(7-9-17)15-22-11-13-23(14-12-22)18-5-3-4-10-20-18/h3-10H,11-15H2,1-2H3. The minimum atomic E-state index is -0.550. The van der Waals surface area contributed by atoms with Crippen LogP contribution in [0.1, 0.15) is 5.56 Å². The van der Waals surface area contributed by atoms with Crippen molar-refractivity contribution >= 4 is 11.9 Å². The van der Waals surface area contributed by atoms with Crippen molar-refractivity contribution in [3.8, 4) is 5.75 Å². The van der Waals surface area contributed by atoms with Crippen molar-refractivity contribution in [2.45, 2.75) is 6.54 Å². The molecule has 2 heterocycles. The van der Waals surface area contributed by atoms with Crippen molar-refractivity contribution in [1.29, 1.82) is 0 Å². The molecule has 0 bridgehead atoms. The number of pyridine rings is 1. The van der Waals surface area contributed by atoms with Crippen LogP contribution in [0.5, 0.6) is 5.75 Å². The summed E-state index contributed by atoms with van der Waals surface area (Å²) in [5.74, 6) is 1.54. The molecule has 7 heteroatoms. The number of rotatable bonds is 5. The first kappa shape index (κ1) is 18.2. The van der Waals surface area contributed by atoms with Crippen LogP contribution in [0.25, 0.3) is 0 Å². The maximum Gasteiger partial charge on any atom is 0.439 e. The zero-order chi connectivity index (χ0) is 18.4. The van der Waals surface area contributed by atoms with Gasteiger partial charge in [-0.05, 0) is 29.8 Å². The third kappa shape index (κ3) is 4.71. The van der Waals surface area contributed by atoms with Gasteiger partial charge in [-0.25, -0.2) is 9.78 Å². The lowest BCUT2D eigenvalue weighted by Crippen LogP contribution is -2.46. The number of anilines is 1. The second-order valence-electron chi connectivity index (χ2n) is 6.14. The highest BCUT2D eigenvalue weighted by molar-refractivity contribution is 5.69. The molecule has 0 saturated carbocycles. The lowest BCUT2D eigenvalue weighted by atomic mass is 10.2. The summed E-state index contributed by atoms with van der Waals surface area (Å²) in [6, 6.07) is 13.6. The molecule has 1 amide bonds. The molecule has 0 N–H and O–H groups in total. The zero-order valence-corrected chi connectivity index (χ0v) is 15.2. The molecule has 1 fully saturated rings. The Kier molecular flexibility index (Phi) is 6.04. The summed E-state index contributed by atoms with van der Waals surface area (Å²) in [6.07, 6.45) is 1.28. The van der Waals surface area contributed by atoms with Gasteiger partial charge in [-0.3, -0.25) is 9.74 Å². The van der Waals surface area contributed by atoms with Gasteiger partial charge in [-0.1, -0.05) is 18.2 Å². The summed E-state index contributed by atoms with van der Waals surface area (Å²) in [5.41, 5.74) is 1.19. The van der Waals surface area contributed by atoms with Gasteiger partial charge in [0.15, 0.2) is 0 Å². The van der Waals surface area contributed by atoms with Crippen LogP contribution in [0.15, 0.2) is 48.7 Å². The number of piperazine rings is 1. The third-order valence-corrected chi connectivity index (χ3v) is 4.41. The Balaban J connectivity index is 1.49. The Labute approximate surface area is 153 Å². The molecule has 0 atom stereocenters. The lowest BCUT2D eigenvalue weighted by molar-refractivity contribution is -0.0790. The van der Waals surface area contributed by atoms with Crippen molar-refractivity contribution in [1.82, 2.24) is 14.9 Å². The normalized spacial score (nSPS) is 14.9. The molecule has 0 unspecified atom stereocenters. The lowest BCUT2D eigenvalue weighted by Gasteiger charge is -2.35. The van der Waals surface area contributed by atoms with Gasteiger partial charge in [0, 0.05) is 46.0 Å². The van der Waals surface area contributed by atoms with Gasteiger partial charge in [0.1, 0.15) is 11.6 Å². The molecule has 1 aliphatic heterocycles. The van der Waals surface area contributed by atoms with Crippen LogP contribution in [0.2, 0.25) is 0 Å². The molecular formula is C19H24N4O3.